The second-order valence-corrected chi connectivity index (χ2v) is 7.22. The highest BCUT2D eigenvalue weighted by molar-refractivity contribution is 5.98. The first-order valence-corrected chi connectivity index (χ1v) is 9.80. The van der Waals surface area contributed by atoms with Crippen LogP contribution in [0.1, 0.15) is 23.2 Å². The number of anilines is 1. The van der Waals surface area contributed by atoms with Gasteiger partial charge in [-0.3, -0.25) is 9.78 Å². The number of likely N-dealkylation sites (tertiary alicyclic amines) is 1. The molecule has 1 N–H and O–H groups in total. The number of aromatic nitrogens is 1. The number of nitrogens with one attached hydrogen (secondary N) is 1. The number of nitrogens with zero attached hydrogens (tertiary/aromatic N) is 2. The third-order valence-corrected chi connectivity index (χ3v) is 5.31. The normalized spacial score (nSPS) is 16.5. The molecule has 1 aliphatic heterocycles. The highest BCUT2D eigenvalue weighted by Gasteiger charge is 2.25. The maximum Gasteiger partial charge on any atom is 0.253 e. The minimum Gasteiger partial charge on any atom is -0.493 e. The molecule has 6 nitrogen and oxygen atoms in total. The molecular weight excluding hydrogens is 366 g/mol. The van der Waals surface area contributed by atoms with Crippen LogP contribution in [0.3, 0.4) is 0 Å². The molecule has 2 heterocycles. The smallest absolute Gasteiger partial charge is 0.253 e. The minimum atomic E-state index is 0.0644. The molecule has 1 fully saturated rings. The Bertz CT molecular complexity index is 1020. The van der Waals surface area contributed by atoms with Gasteiger partial charge in [-0.15, -0.1) is 0 Å². The monoisotopic (exact) mass is 391 g/mol. The van der Waals surface area contributed by atoms with Crippen LogP contribution in [0, 0.1) is 0 Å². The van der Waals surface area contributed by atoms with Crippen molar-refractivity contribution in [2.45, 2.75) is 18.9 Å². The van der Waals surface area contributed by atoms with Gasteiger partial charge in [-0.2, -0.15) is 0 Å². The highest BCUT2D eigenvalue weighted by Crippen LogP contribution is 2.30. The largest absolute Gasteiger partial charge is 0.493 e. The lowest BCUT2D eigenvalue weighted by Gasteiger charge is -2.34. The SMILES string of the molecule is COc1ccc(N[C@H]2CCCN(C(=O)c3ccc4ncccc4c3)C2)cc1OC. The zero-order valence-electron chi connectivity index (χ0n) is 16.7. The standard InChI is InChI=1S/C23H25N3O3/c1-28-21-10-8-18(14-22(21)29-2)25-19-6-4-12-26(15-19)23(27)17-7-9-20-16(13-17)5-3-11-24-20/h3,5,7-11,13-14,19,25H,4,6,12,15H2,1-2H3/t19-/m0/s1. The number of amides is 1. The Morgan fingerprint density at radius 3 is 2.79 bits per heavy atom. The van der Waals surface area contributed by atoms with Gasteiger partial charge in [0, 0.05) is 48.0 Å². The van der Waals surface area contributed by atoms with E-state index in [0.717, 1.165) is 36.0 Å². The summed E-state index contributed by atoms with van der Waals surface area (Å²) in [6.07, 6.45) is 3.74. The summed E-state index contributed by atoms with van der Waals surface area (Å²) in [5, 5.41) is 4.52. The molecule has 2 aromatic carbocycles. The van der Waals surface area contributed by atoms with Crippen LogP contribution in [0.15, 0.2) is 54.7 Å². The van der Waals surface area contributed by atoms with Crippen LogP contribution in [-0.4, -0.2) is 49.1 Å². The highest BCUT2D eigenvalue weighted by atomic mass is 16.5. The lowest BCUT2D eigenvalue weighted by atomic mass is 10.0. The second-order valence-electron chi connectivity index (χ2n) is 7.22. The van der Waals surface area contributed by atoms with Crippen molar-refractivity contribution < 1.29 is 14.3 Å². The van der Waals surface area contributed by atoms with E-state index in [4.69, 9.17) is 9.47 Å². The summed E-state index contributed by atoms with van der Waals surface area (Å²) in [4.78, 5) is 19.3. The Hall–Kier alpha value is -3.28. The number of hydrogen-bond donors (Lipinski definition) is 1. The molecular formula is C23H25N3O3. The molecule has 0 aliphatic carbocycles. The number of carbonyl (C=O) groups is 1. The molecule has 1 saturated heterocycles. The number of ether oxygens (including phenoxy) is 2. The van der Waals surface area contributed by atoms with Crippen molar-refractivity contribution in [1.29, 1.82) is 0 Å². The van der Waals surface area contributed by atoms with E-state index in [1.54, 1.807) is 20.4 Å². The van der Waals surface area contributed by atoms with Crippen LogP contribution in [0.4, 0.5) is 5.69 Å². The van der Waals surface area contributed by atoms with Crippen LogP contribution in [0.2, 0.25) is 0 Å². The van der Waals surface area contributed by atoms with Crippen LogP contribution in [0.25, 0.3) is 10.9 Å². The Morgan fingerprint density at radius 2 is 1.97 bits per heavy atom. The van der Waals surface area contributed by atoms with E-state index in [9.17, 15) is 4.79 Å². The lowest BCUT2D eigenvalue weighted by Crippen LogP contribution is -2.45. The van der Waals surface area contributed by atoms with Crippen molar-refractivity contribution in [3.8, 4) is 11.5 Å². The first-order valence-electron chi connectivity index (χ1n) is 9.80. The quantitative estimate of drug-likeness (QED) is 0.713. The van der Waals surface area contributed by atoms with E-state index >= 15 is 0 Å². The van der Waals surface area contributed by atoms with E-state index in [0.29, 0.717) is 23.6 Å². The number of hydrogen-bond acceptors (Lipinski definition) is 5. The first-order chi connectivity index (χ1) is 14.2. The summed E-state index contributed by atoms with van der Waals surface area (Å²) in [6.45, 7) is 1.44. The van der Waals surface area contributed by atoms with E-state index < -0.39 is 0 Å². The molecule has 0 unspecified atom stereocenters. The average Bonchev–Trinajstić information content (AvgIpc) is 2.78. The number of pyridine rings is 1. The van der Waals surface area contributed by atoms with Gasteiger partial charge in [-0.05, 0) is 49.2 Å². The summed E-state index contributed by atoms with van der Waals surface area (Å²) in [7, 11) is 3.25. The van der Waals surface area contributed by atoms with Gasteiger partial charge in [0.1, 0.15) is 0 Å². The van der Waals surface area contributed by atoms with Gasteiger partial charge in [-0.25, -0.2) is 0 Å². The second kappa shape index (κ2) is 8.39. The van der Waals surface area contributed by atoms with Crippen molar-refractivity contribution in [2.24, 2.45) is 0 Å². The van der Waals surface area contributed by atoms with Crippen molar-refractivity contribution >= 4 is 22.5 Å². The molecule has 1 atom stereocenters. The lowest BCUT2D eigenvalue weighted by molar-refractivity contribution is 0.0715. The molecule has 3 aromatic rings. The molecule has 1 aromatic heterocycles. The van der Waals surface area contributed by atoms with E-state index in [2.05, 4.69) is 10.3 Å². The summed E-state index contributed by atoms with van der Waals surface area (Å²) in [5.41, 5.74) is 2.56. The van der Waals surface area contributed by atoms with Gasteiger partial charge in [-0.1, -0.05) is 6.07 Å². The molecule has 6 heteroatoms. The Kier molecular flexibility index (Phi) is 5.51. The maximum absolute atomic E-state index is 13.1. The Balaban J connectivity index is 1.46. The summed E-state index contributed by atoms with van der Waals surface area (Å²) < 4.78 is 10.7. The van der Waals surface area contributed by atoms with Crippen molar-refractivity contribution in [2.75, 3.05) is 32.6 Å². The first kappa shape index (κ1) is 19.1. The summed E-state index contributed by atoms with van der Waals surface area (Å²) in [5.74, 6) is 1.45. The molecule has 1 aliphatic rings. The van der Waals surface area contributed by atoms with Crippen molar-refractivity contribution in [1.82, 2.24) is 9.88 Å². The Morgan fingerprint density at radius 1 is 1.10 bits per heavy atom. The van der Waals surface area contributed by atoms with E-state index in [1.807, 2.05) is 53.4 Å². The molecule has 0 spiro atoms. The van der Waals surface area contributed by atoms with Crippen molar-refractivity contribution in [3.05, 3.63) is 60.3 Å². The molecule has 150 valence electrons. The number of piperidine rings is 1. The van der Waals surface area contributed by atoms with Gasteiger partial charge in [0.15, 0.2) is 11.5 Å². The predicted molar refractivity (Wildman–Crippen MR) is 114 cm³/mol. The fourth-order valence-corrected chi connectivity index (χ4v) is 3.83. The van der Waals surface area contributed by atoms with Gasteiger partial charge >= 0.3 is 0 Å². The van der Waals surface area contributed by atoms with Gasteiger partial charge in [0.05, 0.1) is 19.7 Å². The molecule has 29 heavy (non-hydrogen) atoms. The number of benzene rings is 2. The van der Waals surface area contributed by atoms with Crippen LogP contribution >= 0.6 is 0 Å². The zero-order chi connectivity index (χ0) is 20.2. The van der Waals surface area contributed by atoms with E-state index in [-0.39, 0.29) is 11.9 Å². The maximum atomic E-state index is 13.1. The third-order valence-electron chi connectivity index (χ3n) is 5.31. The fraction of sp³-hybridized carbons (Fsp3) is 0.304. The van der Waals surface area contributed by atoms with Crippen LogP contribution in [-0.2, 0) is 0 Å². The Labute approximate surface area is 170 Å². The van der Waals surface area contributed by atoms with Gasteiger partial charge in [0.2, 0.25) is 0 Å². The number of fused-ring (bicyclic) bond motifs is 1. The topological polar surface area (TPSA) is 63.7 Å². The molecule has 1 amide bonds. The fourth-order valence-electron chi connectivity index (χ4n) is 3.83. The molecule has 0 radical (unpaired) electrons. The third kappa shape index (κ3) is 4.11. The number of methoxy groups -OCH3 is 2. The van der Waals surface area contributed by atoms with Gasteiger partial charge < -0.3 is 19.7 Å². The zero-order valence-corrected chi connectivity index (χ0v) is 16.7. The average molecular weight is 391 g/mol. The minimum absolute atomic E-state index is 0.0644. The summed E-state index contributed by atoms with van der Waals surface area (Å²) >= 11 is 0. The van der Waals surface area contributed by atoms with Gasteiger partial charge in [0.25, 0.3) is 5.91 Å². The number of carbonyl (C=O) groups excluding carboxylic acids is 1. The van der Waals surface area contributed by atoms with E-state index in [1.165, 1.54) is 0 Å². The summed E-state index contributed by atoms with van der Waals surface area (Å²) in [6, 6.07) is 15.5. The van der Waals surface area contributed by atoms with Crippen LogP contribution in [0.5, 0.6) is 11.5 Å². The number of rotatable bonds is 5. The molecule has 0 saturated carbocycles. The van der Waals surface area contributed by atoms with Crippen molar-refractivity contribution in [3.63, 3.8) is 0 Å². The predicted octanol–water partition coefficient (Wildman–Crippen LogP) is 3.97. The molecule has 4 rings (SSSR count). The van der Waals surface area contributed by atoms with Crippen LogP contribution < -0.4 is 14.8 Å². The molecule has 0 bridgehead atoms.